The molecule has 1 aromatic heterocycles. The average Bonchev–Trinajstić information content (AvgIpc) is 2.81. The molecule has 0 aliphatic heterocycles. The summed E-state index contributed by atoms with van der Waals surface area (Å²) in [7, 11) is 0. The average molecular weight is 271 g/mol. The third-order valence-corrected chi connectivity index (χ3v) is 3.30. The molecule has 0 unspecified atom stereocenters. The van der Waals surface area contributed by atoms with Crippen LogP contribution in [0.1, 0.15) is 38.1 Å². The van der Waals surface area contributed by atoms with Gasteiger partial charge in [-0.1, -0.05) is 6.92 Å². The summed E-state index contributed by atoms with van der Waals surface area (Å²) >= 11 is 0. The zero-order valence-electron chi connectivity index (χ0n) is 12.2. The van der Waals surface area contributed by atoms with Crippen LogP contribution in [-0.2, 0) is 17.7 Å². The Morgan fingerprint density at radius 1 is 1.35 bits per heavy atom. The van der Waals surface area contributed by atoms with Gasteiger partial charge in [0.15, 0.2) is 0 Å². The van der Waals surface area contributed by atoms with E-state index in [9.17, 15) is 0 Å². The molecule has 4 nitrogen and oxygen atoms in total. The third kappa shape index (κ3) is 3.17. The van der Waals surface area contributed by atoms with Gasteiger partial charge in [0.1, 0.15) is 5.82 Å². The molecule has 106 valence electrons. The molecule has 4 heteroatoms. The van der Waals surface area contributed by atoms with Gasteiger partial charge in [-0.2, -0.15) is 5.26 Å². The molecular weight excluding hydrogens is 250 g/mol. The van der Waals surface area contributed by atoms with Crippen LogP contribution in [0.3, 0.4) is 0 Å². The van der Waals surface area contributed by atoms with Crippen LogP contribution in [0.15, 0.2) is 18.2 Å². The number of imidazole rings is 1. The van der Waals surface area contributed by atoms with E-state index in [4.69, 9.17) is 15.0 Å². The first-order valence-corrected chi connectivity index (χ1v) is 7.27. The van der Waals surface area contributed by atoms with Crippen molar-refractivity contribution in [1.29, 1.82) is 5.26 Å². The molecule has 0 spiro atoms. The number of nitriles is 1. The van der Waals surface area contributed by atoms with Gasteiger partial charge in [-0.25, -0.2) is 4.98 Å². The lowest BCUT2D eigenvalue weighted by Gasteiger charge is -2.07. The Labute approximate surface area is 120 Å². The summed E-state index contributed by atoms with van der Waals surface area (Å²) in [5.41, 5.74) is 2.71. The predicted molar refractivity (Wildman–Crippen MR) is 79.6 cm³/mol. The number of rotatable bonds is 7. The van der Waals surface area contributed by atoms with Crippen LogP contribution < -0.4 is 0 Å². The highest BCUT2D eigenvalue weighted by Gasteiger charge is 2.10. The van der Waals surface area contributed by atoms with E-state index in [1.807, 2.05) is 25.1 Å². The molecule has 0 atom stereocenters. The molecule has 0 saturated heterocycles. The topological polar surface area (TPSA) is 50.8 Å². The van der Waals surface area contributed by atoms with Gasteiger partial charge in [0.05, 0.1) is 22.7 Å². The second-order valence-corrected chi connectivity index (χ2v) is 4.80. The fourth-order valence-corrected chi connectivity index (χ4v) is 2.39. The fraction of sp³-hybridized carbons (Fsp3) is 0.500. The van der Waals surface area contributed by atoms with Crippen LogP contribution in [-0.4, -0.2) is 22.8 Å². The zero-order valence-corrected chi connectivity index (χ0v) is 12.2. The van der Waals surface area contributed by atoms with Crippen LogP contribution in [0.2, 0.25) is 0 Å². The van der Waals surface area contributed by atoms with Crippen LogP contribution in [0.4, 0.5) is 0 Å². The number of aryl methyl sites for hydroxylation is 2. The first kappa shape index (κ1) is 14.5. The molecule has 0 aliphatic carbocycles. The highest BCUT2D eigenvalue weighted by molar-refractivity contribution is 5.77. The Bertz CT molecular complexity index is 610. The lowest BCUT2D eigenvalue weighted by atomic mass is 10.2. The van der Waals surface area contributed by atoms with Crippen LogP contribution >= 0.6 is 0 Å². The quantitative estimate of drug-likeness (QED) is 0.726. The summed E-state index contributed by atoms with van der Waals surface area (Å²) in [4.78, 5) is 4.69. The van der Waals surface area contributed by atoms with E-state index in [1.54, 1.807) is 0 Å². The summed E-state index contributed by atoms with van der Waals surface area (Å²) in [5, 5.41) is 8.98. The minimum absolute atomic E-state index is 0.666. The minimum atomic E-state index is 0.666. The van der Waals surface area contributed by atoms with Crippen molar-refractivity contribution in [1.82, 2.24) is 9.55 Å². The first-order chi connectivity index (χ1) is 9.80. The second kappa shape index (κ2) is 7.06. The van der Waals surface area contributed by atoms with Gasteiger partial charge in [-0.15, -0.1) is 0 Å². The van der Waals surface area contributed by atoms with Crippen LogP contribution in [0, 0.1) is 11.3 Å². The predicted octanol–water partition coefficient (Wildman–Crippen LogP) is 3.29. The summed E-state index contributed by atoms with van der Waals surface area (Å²) in [6.07, 6.45) is 2.96. The van der Waals surface area contributed by atoms with Crippen molar-refractivity contribution in [2.45, 2.75) is 39.7 Å². The molecule has 1 heterocycles. The van der Waals surface area contributed by atoms with Gasteiger partial charge >= 0.3 is 0 Å². The highest BCUT2D eigenvalue weighted by Crippen LogP contribution is 2.19. The standard InChI is InChI=1S/C16H21N3O/c1-3-9-19-15-8-7-13(12-17)11-14(15)18-16(19)6-5-10-20-4-2/h7-8,11H,3-6,9-10H2,1-2H3. The maximum absolute atomic E-state index is 8.98. The monoisotopic (exact) mass is 271 g/mol. The third-order valence-electron chi connectivity index (χ3n) is 3.30. The van der Waals surface area contributed by atoms with Gasteiger partial charge in [-0.3, -0.25) is 0 Å². The van der Waals surface area contributed by atoms with Gasteiger partial charge in [0.2, 0.25) is 0 Å². The molecular formula is C16H21N3O. The number of hydrogen-bond acceptors (Lipinski definition) is 3. The van der Waals surface area contributed by atoms with Crippen molar-refractivity contribution in [3.05, 3.63) is 29.6 Å². The Morgan fingerprint density at radius 2 is 2.20 bits per heavy atom. The second-order valence-electron chi connectivity index (χ2n) is 4.80. The molecule has 0 aliphatic rings. The fourth-order valence-electron chi connectivity index (χ4n) is 2.39. The molecule has 0 N–H and O–H groups in total. The summed E-state index contributed by atoms with van der Waals surface area (Å²) in [6, 6.07) is 7.90. The molecule has 0 amide bonds. The maximum atomic E-state index is 8.98. The highest BCUT2D eigenvalue weighted by atomic mass is 16.5. The van der Waals surface area contributed by atoms with Gasteiger partial charge in [0, 0.05) is 26.2 Å². The number of ether oxygens (including phenoxy) is 1. The zero-order chi connectivity index (χ0) is 14.4. The summed E-state index contributed by atoms with van der Waals surface area (Å²) in [6.45, 7) is 6.67. The van der Waals surface area contributed by atoms with Crippen molar-refractivity contribution in [2.75, 3.05) is 13.2 Å². The molecule has 2 rings (SSSR count). The number of aromatic nitrogens is 2. The lowest BCUT2D eigenvalue weighted by molar-refractivity contribution is 0.144. The van der Waals surface area contributed by atoms with E-state index < -0.39 is 0 Å². The number of benzene rings is 1. The SMILES string of the molecule is CCCn1c(CCCOCC)nc2cc(C#N)ccc21. The van der Waals surface area contributed by atoms with Gasteiger partial charge in [-0.05, 0) is 38.0 Å². The Balaban J connectivity index is 2.27. The van der Waals surface area contributed by atoms with E-state index in [-0.39, 0.29) is 0 Å². The minimum Gasteiger partial charge on any atom is -0.382 e. The van der Waals surface area contributed by atoms with Crippen molar-refractivity contribution in [3.63, 3.8) is 0 Å². The van der Waals surface area contributed by atoms with Gasteiger partial charge in [0.25, 0.3) is 0 Å². The van der Waals surface area contributed by atoms with E-state index in [0.29, 0.717) is 5.56 Å². The number of hydrogen-bond donors (Lipinski definition) is 0. The largest absolute Gasteiger partial charge is 0.382 e. The van der Waals surface area contributed by atoms with Crippen molar-refractivity contribution in [2.24, 2.45) is 0 Å². The van der Waals surface area contributed by atoms with Crippen molar-refractivity contribution >= 4 is 11.0 Å². The summed E-state index contributed by atoms with van der Waals surface area (Å²) < 4.78 is 7.65. The molecule has 0 radical (unpaired) electrons. The molecule has 0 bridgehead atoms. The smallest absolute Gasteiger partial charge is 0.109 e. The molecule has 1 aromatic carbocycles. The maximum Gasteiger partial charge on any atom is 0.109 e. The lowest BCUT2D eigenvalue weighted by Crippen LogP contribution is -2.05. The van der Waals surface area contributed by atoms with E-state index >= 15 is 0 Å². The van der Waals surface area contributed by atoms with Crippen LogP contribution in [0.5, 0.6) is 0 Å². The Morgan fingerprint density at radius 3 is 2.90 bits per heavy atom. The van der Waals surface area contributed by atoms with E-state index in [2.05, 4.69) is 17.6 Å². The number of nitrogens with zero attached hydrogens (tertiary/aromatic N) is 3. The normalized spacial score (nSPS) is 10.8. The summed E-state index contributed by atoms with van der Waals surface area (Å²) in [5.74, 6) is 1.09. The Hall–Kier alpha value is -1.86. The van der Waals surface area contributed by atoms with Crippen LogP contribution in [0.25, 0.3) is 11.0 Å². The molecule has 2 aromatic rings. The molecule has 0 fully saturated rings. The van der Waals surface area contributed by atoms with Gasteiger partial charge < -0.3 is 9.30 Å². The van der Waals surface area contributed by atoms with Crippen molar-refractivity contribution in [3.8, 4) is 6.07 Å². The number of fused-ring (bicyclic) bond motifs is 1. The molecule has 0 saturated carbocycles. The first-order valence-electron chi connectivity index (χ1n) is 7.27. The van der Waals surface area contributed by atoms with E-state index in [1.165, 1.54) is 0 Å². The molecule has 20 heavy (non-hydrogen) atoms. The van der Waals surface area contributed by atoms with E-state index in [0.717, 1.165) is 55.9 Å². The van der Waals surface area contributed by atoms with Crippen molar-refractivity contribution < 1.29 is 4.74 Å². The Kier molecular flexibility index (Phi) is 5.14.